The molecule has 12 heteroatoms. The van der Waals surface area contributed by atoms with Gasteiger partial charge in [-0.1, -0.05) is 49.4 Å². The summed E-state index contributed by atoms with van der Waals surface area (Å²) in [6.45, 7) is 1.98. The van der Waals surface area contributed by atoms with E-state index in [1.54, 1.807) is 12.1 Å². The average Bonchev–Trinajstić information content (AvgIpc) is 3.32. The van der Waals surface area contributed by atoms with Crippen molar-refractivity contribution < 1.29 is 27.7 Å². The van der Waals surface area contributed by atoms with Crippen molar-refractivity contribution in [2.45, 2.75) is 38.3 Å². The molecule has 0 aliphatic rings. The highest BCUT2D eigenvalue weighted by Crippen LogP contribution is 2.24. The van der Waals surface area contributed by atoms with Crippen LogP contribution in [0.2, 0.25) is 0 Å². The Morgan fingerprint density at radius 2 is 1.69 bits per heavy atom. The lowest BCUT2D eigenvalue weighted by molar-refractivity contribution is -0.126. The molecule has 0 fully saturated rings. The Kier molecular flexibility index (Phi) is 9.02. The maximum Gasteiger partial charge on any atom is 0.407 e. The standard InChI is InChI=1S/C24H28N4O6S2/c1-3-18-15-35-23(25-18)20(13-17-9-11-19(12-10-17)27-36(32,33)34)26-22(29)21(28(2)24(30)31)14-16-7-5-4-6-8-16/h4-12,15,20-21,27H,3,13-14H2,1-2H3,(H,26,29)(H,30,31)(H,32,33,34)/t20-,21-/m0/s1. The molecule has 0 bridgehead atoms. The molecule has 3 aromatic rings. The van der Waals surface area contributed by atoms with Crippen LogP contribution in [0.25, 0.3) is 0 Å². The molecule has 0 saturated heterocycles. The number of likely N-dealkylation sites (N-methyl/N-ethyl adjacent to an activating group) is 1. The number of nitrogens with zero attached hydrogens (tertiary/aromatic N) is 2. The molecule has 0 radical (unpaired) electrons. The van der Waals surface area contributed by atoms with Crippen molar-refractivity contribution in [1.82, 2.24) is 15.2 Å². The Morgan fingerprint density at radius 1 is 1.06 bits per heavy atom. The summed E-state index contributed by atoms with van der Waals surface area (Å²) in [4.78, 5) is 30.7. The van der Waals surface area contributed by atoms with Gasteiger partial charge in [-0.3, -0.25) is 19.0 Å². The third-order valence-electron chi connectivity index (χ3n) is 5.53. The predicted octanol–water partition coefficient (Wildman–Crippen LogP) is 3.54. The lowest BCUT2D eigenvalue weighted by Gasteiger charge is -2.27. The predicted molar refractivity (Wildman–Crippen MR) is 137 cm³/mol. The first-order valence-electron chi connectivity index (χ1n) is 11.1. The van der Waals surface area contributed by atoms with Crippen molar-refractivity contribution in [2.24, 2.45) is 0 Å². The van der Waals surface area contributed by atoms with Crippen molar-refractivity contribution in [3.8, 4) is 0 Å². The minimum absolute atomic E-state index is 0.190. The second-order valence-corrected chi connectivity index (χ2v) is 10.2. The summed E-state index contributed by atoms with van der Waals surface area (Å²) in [6, 6.07) is 14.0. The summed E-state index contributed by atoms with van der Waals surface area (Å²) in [6.07, 6.45) is 0.0534. The minimum atomic E-state index is -4.39. The molecular formula is C24H28N4O6S2. The Bertz CT molecular complexity index is 1280. The number of aryl methyl sites for hydroxylation is 1. The quantitative estimate of drug-likeness (QED) is 0.276. The van der Waals surface area contributed by atoms with Gasteiger partial charge in [0.15, 0.2) is 0 Å². The van der Waals surface area contributed by atoms with E-state index in [0.717, 1.165) is 28.1 Å². The van der Waals surface area contributed by atoms with Gasteiger partial charge >= 0.3 is 16.4 Å². The van der Waals surface area contributed by atoms with E-state index >= 15 is 0 Å². The van der Waals surface area contributed by atoms with E-state index in [2.05, 4.69) is 10.3 Å². The van der Waals surface area contributed by atoms with E-state index in [0.29, 0.717) is 11.4 Å². The van der Waals surface area contributed by atoms with Crippen molar-refractivity contribution in [3.05, 3.63) is 81.8 Å². The van der Waals surface area contributed by atoms with Crippen molar-refractivity contribution in [2.75, 3.05) is 11.8 Å². The third kappa shape index (κ3) is 7.77. The first-order chi connectivity index (χ1) is 17.1. The number of nitrogens with one attached hydrogen (secondary N) is 2. The van der Waals surface area contributed by atoms with Gasteiger partial charge in [-0.05, 0) is 36.1 Å². The number of hydrogen-bond acceptors (Lipinski definition) is 6. The number of aromatic nitrogens is 1. The van der Waals surface area contributed by atoms with E-state index in [4.69, 9.17) is 4.55 Å². The minimum Gasteiger partial charge on any atom is -0.465 e. The Morgan fingerprint density at radius 3 is 2.25 bits per heavy atom. The number of hydrogen-bond donors (Lipinski definition) is 4. The number of amides is 2. The molecule has 3 rings (SSSR count). The maximum absolute atomic E-state index is 13.4. The molecule has 0 unspecified atom stereocenters. The zero-order chi connectivity index (χ0) is 26.3. The molecule has 2 aromatic carbocycles. The molecule has 36 heavy (non-hydrogen) atoms. The fourth-order valence-corrected chi connectivity index (χ4v) is 4.97. The highest BCUT2D eigenvalue weighted by molar-refractivity contribution is 7.87. The Balaban J connectivity index is 1.85. The highest BCUT2D eigenvalue weighted by Gasteiger charge is 2.30. The largest absolute Gasteiger partial charge is 0.465 e. The molecular weight excluding hydrogens is 504 g/mol. The van der Waals surface area contributed by atoms with Crippen LogP contribution < -0.4 is 10.0 Å². The number of benzene rings is 2. The highest BCUT2D eigenvalue weighted by atomic mass is 32.2. The summed E-state index contributed by atoms with van der Waals surface area (Å²) < 4.78 is 33.0. The van der Waals surface area contributed by atoms with Crippen LogP contribution in [-0.2, 0) is 34.4 Å². The number of carbonyl (C=O) groups is 2. The second kappa shape index (κ2) is 12.0. The van der Waals surface area contributed by atoms with Crippen LogP contribution in [-0.4, -0.2) is 53.1 Å². The van der Waals surface area contributed by atoms with Crippen LogP contribution in [0.15, 0.2) is 60.0 Å². The lowest BCUT2D eigenvalue weighted by atomic mass is 10.0. The molecule has 4 N–H and O–H groups in total. The molecule has 2 atom stereocenters. The summed E-state index contributed by atoms with van der Waals surface area (Å²) in [5.41, 5.74) is 2.67. The first-order valence-corrected chi connectivity index (χ1v) is 13.5. The van der Waals surface area contributed by atoms with Gasteiger partial charge in [-0.2, -0.15) is 8.42 Å². The van der Waals surface area contributed by atoms with Crippen molar-refractivity contribution in [3.63, 3.8) is 0 Å². The molecule has 0 spiro atoms. The van der Waals surface area contributed by atoms with Gasteiger partial charge in [0.25, 0.3) is 0 Å². The lowest BCUT2D eigenvalue weighted by Crippen LogP contribution is -2.49. The Labute approximate surface area is 213 Å². The maximum atomic E-state index is 13.4. The first kappa shape index (κ1) is 27.1. The molecule has 1 heterocycles. The van der Waals surface area contributed by atoms with E-state index in [1.165, 1.54) is 30.5 Å². The van der Waals surface area contributed by atoms with Gasteiger partial charge in [-0.25, -0.2) is 9.78 Å². The molecule has 0 saturated carbocycles. The van der Waals surface area contributed by atoms with Crippen LogP contribution in [0.4, 0.5) is 10.5 Å². The average molecular weight is 533 g/mol. The van der Waals surface area contributed by atoms with Gasteiger partial charge in [0.1, 0.15) is 11.0 Å². The number of carbonyl (C=O) groups excluding carboxylic acids is 1. The van der Waals surface area contributed by atoms with Crippen LogP contribution in [0.1, 0.15) is 34.8 Å². The summed E-state index contributed by atoms with van der Waals surface area (Å²) >= 11 is 1.40. The fourth-order valence-electron chi connectivity index (χ4n) is 3.58. The molecule has 1 aromatic heterocycles. The van der Waals surface area contributed by atoms with Crippen LogP contribution in [0.3, 0.4) is 0 Å². The summed E-state index contributed by atoms with van der Waals surface area (Å²) in [7, 11) is -3.03. The topological polar surface area (TPSA) is 149 Å². The smallest absolute Gasteiger partial charge is 0.407 e. The third-order valence-corrected chi connectivity index (χ3v) is 7.03. The van der Waals surface area contributed by atoms with Gasteiger partial charge in [0.2, 0.25) is 5.91 Å². The van der Waals surface area contributed by atoms with Crippen LogP contribution >= 0.6 is 11.3 Å². The number of anilines is 1. The molecule has 0 aliphatic heterocycles. The van der Waals surface area contributed by atoms with Gasteiger partial charge in [0.05, 0.1) is 17.4 Å². The van der Waals surface area contributed by atoms with E-state index in [9.17, 15) is 23.1 Å². The molecule has 2 amide bonds. The van der Waals surface area contributed by atoms with E-state index in [1.807, 2.05) is 47.4 Å². The van der Waals surface area contributed by atoms with Crippen molar-refractivity contribution >= 4 is 39.3 Å². The van der Waals surface area contributed by atoms with Crippen molar-refractivity contribution in [1.29, 1.82) is 0 Å². The van der Waals surface area contributed by atoms with Crippen LogP contribution in [0.5, 0.6) is 0 Å². The summed E-state index contributed by atoms with van der Waals surface area (Å²) in [5, 5.41) is 15.1. The second-order valence-electron chi connectivity index (χ2n) is 8.17. The number of thiazole rings is 1. The monoisotopic (exact) mass is 532 g/mol. The molecule has 192 valence electrons. The van der Waals surface area contributed by atoms with Gasteiger partial charge in [0, 0.05) is 18.8 Å². The zero-order valence-corrected chi connectivity index (χ0v) is 21.4. The number of rotatable bonds is 11. The normalized spacial score (nSPS) is 13.0. The SMILES string of the molecule is CCc1csc([C@H](Cc2ccc(NS(=O)(=O)O)cc2)NC(=O)[C@H](Cc2ccccc2)N(C)C(=O)O)n1. The van der Waals surface area contributed by atoms with Gasteiger partial charge in [-0.15, -0.1) is 11.3 Å². The number of carboxylic acid groups (broad SMARTS) is 1. The fraction of sp³-hybridized carbons (Fsp3) is 0.292. The zero-order valence-electron chi connectivity index (χ0n) is 19.8. The molecule has 0 aliphatic carbocycles. The molecule has 10 nitrogen and oxygen atoms in total. The van der Waals surface area contributed by atoms with Gasteiger partial charge < -0.3 is 10.4 Å². The van der Waals surface area contributed by atoms with Crippen LogP contribution in [0, 0.1) is 0 Å². The summed E-state index contributed by atoms with van der Waals surface area (Å²) in [5.74, 6) is -0.452. The van der Waals surface area contributed by atoms with E-state index in [-0.39, 0.29) is 12.1 Å². The Hall–Kier alpha value is -3.48. The van der Waals surface area contributed by atoms with E-state index < -0.39 is 34.4 Å².